The third-order valence-electron chi connectivity index (χ3n) is 8.95. The van der Waals surface area contributed by atoms with Crippen molar-refractivity contribution in [3.05, 3.63) is 58.7 Å². The summed E-state index contributed by atoms with van der Waals surface area (Å²) < 4.78 is 0. The number of aromatic hydroxyl groups is 1. The van der Waals surface area contributed by atoms with E-state index in [1.54, 1.807) is 0 Å². The van der Waals surface area contributed by atoms with E-state index in [-0.39, 0.29) is 24.1 Å². The highest BCUT2D eigenvalue weighted by Gasteiger charge is 2.39. The zero-order valence-corrected chi connectivity index (χ0v) is 22.5. The summed E-state index contributed by atoms with van der Waals surface area (Å²) in [6.45, 7) is 6.93. The molecule has 2 aliphatic carbocycles. The van der Waals surface area contributed by atoms with Crippen molar-refractivity contribution in [1.29, 1.82) is 0 Å². The van der Waals surface area contributed by atoms with Gasteiger partial charge in [0.2, 0.25) is 0 Å². The van der Waals surface area contributed by atoms with Gasteiger partial charge in [0, 0.05) is 16.7 Å². The van der Waals surface area contributed by atoms with Crippen molar-refractivity contribution in [2.45, 2.75) is 78.2 Å². The molecule has 3 aliphatic rings. The molecular weight excluding hydrogens is 476 g/mol. The number of phenolic OH excluding ortho intramolecular Hbond substituents is 1. The molecule has 2 amide bonds. The predicted molar refractivity (Wildman–Crippen MR) is 146 cm³/mol. The van der Waals surface area contributed by atoms with Crippen LogP contribution in [0.3, 0.4) is 0 Å². The molecule has 3 aromatic rings. The van der Waals surface area contributed by atoms with Crippen LogP contribution in [0.15, 0.2) is 47.5 Å². The zero-order chi connectivity index (χ0) is 26.6. The van der Waals surface area contributed by atoms with E-state index in [4.69, 9.17) is 0 Å². The second kappa shape index (κ2) is 9.68. The molecule has 198 valence electrons. The molecule has 6 rings (SSSR count). The van der Waals surface area contributed by atoms with Crippen LogP contribution < -0.4 is 0 Å². The average molecular weight is 513 g/mol. The van der Waals surface area contributed by atoms with Crippen molar-refractivity contribution in [2.24, 2.45) is 17.8 Å². The monoisotopic (exact) mass is 512 g/mol. The van der Waals surface area contributed by atoms with E-state index in [1.165, 1.54) is 22.5 Å². The number of nitrogens with zero attached hydrogens (tertiary/aromatic N) is 4. The van der Waals surface area contributed by atoms with Crippen molar-refractivity contribution in [2.75, 3.05) is 0 Å². The van der Waals surface area contributed by atoms with Crippen LogP contribution in [0.1, 0.15) is 82.8 Å². The van der Waals surface area contributed by atoms with E-state index >= 15 is 0 Å². The summed E-state index contributed by atoms with van der Waals surface area (Å²) in [5.41, 5.74) is 5.00. The lowest BCUT2D eigenvalue weighted by atomic mass is 9.67. The van der Waals surface area contributed by atoms with Crippen LogP contribution in [0.25, 0.3) is 16.7 Å². The number of phenols is 1. The largest absolute Gasteiger partial charge is 0.505 e. The minimum Gasteiger partial charge on any atom is -0.505 e. The predicted octanol–water partition coefficient (Wildman–Crippen LogP) is 6.04. The molecule has 1 N–H and O–H groups in total. The summed E-state index contributed by atoms with van der Waals surface area (Å²) in [5, 5.41) is 20.8. The quantitative estimate of drug-likeness (QED) is 0.421. The van der Waals surface area contributed by atoms with Crippen molar-refractivity contribution >= 4 is 22.8 Å². The van der Waals surface area contributed by atoms with Crippen LogP contribution in [-0.2, 0) is 16.1 Å². The Hall–Kier alpha value is -3.48. The van der Waals surface area contributed by atoms with Gasteiger partial charge < -0.3 is 5.11 Å². The summed E-state index contributed by atoms with van der Waals surface area (Å²) in [4.78, 5) is 29.3. The molecule has 0 radical (unpaired) electrons. The Morgan fingerprint density at radius 1 is 0.974 bits per heavy atom. The molecular formula is C31H36N4O3. The van der Waals surface area contributed by atoms with Crippen molar-refractivity contribution < 1.29 is 14.7 Å². The molecule has 0 saturated heterocycles. The molecule has 3 atom stereocenters. The third kappa shape index (κ3) is 4.22. The van der Waals surface area contributed by atoms with Gasteiger partial charge in [-0.1, -0.05) is 39.3 Å². The van der Waals surface area contributed by atoms with E-state index < -0.39 is 0 Å². The summed E-state index contributed by atoms with van der Waals surface area (Å²) in [6, 6.07) is 11.7. The summed E-state index contributed by atoms with van der Waals surface area (Å²) in [5.74, 6) is 1.58. The zero-order valence-electron chi connectivity index (χ0n) is 22.5. The maximum Gasteiger partial charge on any atom is 0.257 e. The molecule has 0 spiro atoms. The van der Waals surface area contributed by atoms with E-state index in [1.807, 2.05) is 36.4 Å². The Bertz CT molecular complexity index is 1390. The second-order valence-electron chi connectivity index (χ2n) is 11.8. The van der Waals surface area contributed by atoms with Gasteiger partial charge in [-0.25, -0.2) is 0 Å². The van der Waals surface area contributed by atoms with E-state index in [0.29, 0.717) is 58.9 Å². The van der Waals surface area contributed by atoms with Gasteiger partial charge in [-0.05, 0) is 92.0 Å². The van der Waals surface area contributed by atoms with Crippen LogP contribution >= 0.6 is 0 Å². The Morgan fingerprint density at radius 2 is 1.61 bits per heavy atom. The number of hydrogen-bond acceptors (Lipinski definition) is 5. The Morgan fingerprint density at radius 3 is 2.21 bits per heavy atom. The highest BCUT2D eigenvalue weighted by Crippen LogP contribution is 2.46. The maximum atomic E-state index is 13.2. The van der Waals surface area contributed by atoms with E-state index in [9.17, 15) is 14.7 Å². The van der Waals surface area contributed by atoms with Gasteiger partial charge in [0.1, 0.15) is 22.5 Å². The smallest absolute Gasteiger partial charge is 0.257 e. The average Bonchev–Trinajstić information content (AvgIpc) is 3.45. The summed E-state index contributed by atoms with van der Waals surface area (Å²) >= 11 is 0. The van der Waals surface area contributed by atoms with E-state index in [2.05, 4.69) is 31.0 Å². The van der Waals surface area contributed by atoms with Gasteiger partial charge in [-0.15, -0.1) is 15.0 Å². The van der Waals surface area contributed by atoms with Crippen molar-refractivity contribution in [1.82, 2.24) is 19.9 Å². The van der Waals surface area contributed by atoms with Gasteiger partial charge in [0.15, 0.2) is 0 Å². The van der Waals surface area contributed by atoms with Gasteiger partial charge in [-0.3, -0.25) is 14.5 Å². The van der Waals surface area contributed by atoms with Crippen LogP contribution in [0, 0.1) is 17.8 Å². The lowest BCUT2D eigenvalue weighted by molar-refractivity contribution is -0.138. The van der Waals surface area contributed by atoms with Gasteiger partial charge in [0.05, 0.1) is 6.54 Å². The molecule has 1 fully saturated rings. The number of hydrogen-bond donors (Lipinski definition) is 1. The number of imide groups is 1. The summed E-state index contributed by atoms with van der Waals surface area (Å²) in [6.07, 6.45) is 6.65. The number of rotatable bonds is 5. The number of benzene rings is 2. The van der Waals surface area contributed by atoms with Gasteiger partial charge >= 0.3 is 0 Å². The molecule has 1 aromatic heterocycles. The van der Waals surface area contributed by atoms with E-state index in [0.717, 1.165) is 35.9 Å². The fourth-order valence-corrected chi connectivity index (χ4v) is 6.85. The Labute approximate surface area is 223 Å². The first-order chi connectivity index (χ1) is 18.3. The lowest BCUT2D eigenvalue weighted by Crippen LogP contribution is -2.31. The lowest BCUT2D eigenvalue weighted by Gasteiger charge is -2.38. The minimum atomic E-state index is -0.203. The van der Waals surface area contributed by atoms with Gasteiger partial charge in [0.25, 0.3) is 11.8 Å². The van der Waals surface area contributed by atoms with Crippen LogP contribution in [0.5, 0.6) is 5.75 Å². The highest BCUT2D eigenvalue weighted by molar-refractivity contribution is 6.19. The first-order valence-electron chi connectivity index (χ1n) is 14.1. The maximum absolute atomic E-state index is 13.2. The van der Waals surface area contributed by atoms with Gasteiger partial charge in [-0.2, -0.15) is 0 Å². The highest BCUT2D eigenvalue weighted by atomic mass is 16.3. The fraction of sp³-hybridized carbons (Fsp3) is 0.484. The number of carbonyl (C=O) groups excluding carboxylic acids is 2. The second-order valence-corrected chi connectivity index (χ2v) is 11.8. The third-order valence-corrected chi connectivity index (χ3v) is 8.95. The van der Waals surface area contributed by atoms with Crippen LogP contribution in [0.4, 0.5) is 0 Å². The molecule has 1 aliphatic heterocycles. The fourth-order valence-electron chi connectivity index (χ4n) is 6.85. The van der Waals surface area contributed by atoms with Crippen LogP contribution in [-0.4, -0.2) is 36.8 Å². The molecule has 7 nitrogen and oxygen atoms in total. The Kier molecular flexibility index (Phi) is 6.33. The number of aromatic nitrogens is 3. The summed E-state index contributed by atoms with van der Waals surface area (Å²) in [7, 11) is 0. The van der Waals surface area contributed by atoms with Crippen molar-refractivity contribution in [3.8, 4) is 11.4 Å². The molecule has 0 bridgehead atoms. The molecule has 1 saturated carbocycles. The standard InChI is InChI=1S/C31H36N4O3/c1-18(2)22-13-12-19(3)14-25(22)20-15-21(17-34-30(37)23-8-4-5-9-24(23)31(34)38)29(36)28(16-20)35-32-26-10-6-7-11-27(26)33-35/h6-7,10-11,15-16,18-19,22,25,36H,4-5,8-9,12-14,17H2,1-3H3. The number of amides is 2. The van der Waals surface area contributed by atoms with Crippen LogP contribution in [0.2, 0.25) is 0 Å². The SMILES string of the molecule is CC1CCC(C(C)C)C(c2cc(CN3C(=O)C4=C(CCCC4)C3=O)c(O)c(-n3nc4ccccc4n3)c2)C1. The number of fused-ring (bicyclic) bond motifs is 1. The Balaban J connectivity index is 1.45. The molecule has 38 heavy (non-hydrogen) atoms. The van der Waals surface area contributed by atoms with Crippen molar-refractivity contribution in [3.63, 3.8) is 0 Å². The molecule has 2 heterocycles. The minimum absolute atomic E-state index is 0.0180. The molecule has 7 heteroatoms. The molecule has 3 unspecified atom stereocenters. The first-order valence-corrected chi connectivity index (χ1v) is 14.1. The molecule has 2 aromatic carbocycles. The topological polar surface area (TPSA) is 88.3 Å². The number of carbonyl (C=O) groups is 2. The first kappa shape index (κ1) is 24.8. The normalized spacial score (nSPS) is 24.1.